The van der Waals surface area contributed by atoms with Crippen molar-refractivity contribution in [1.29, 1.82) is 0 Å². The maximum Gasteiger partial charge on any atom is 0.225 e. The van der Waals surface area contributed by atoms with E-state index in [1.165, 1.54) is 17.7 Å². The fourth-order valence-corrected chi connectivity index (χ4v) is 4.84. The SMILES string of the molecule is O=C(Cc1cccs1)NCC1CCCN(Cc2ccc(Cl)s2)C1. The predicted octanol–water partition coefficient (Wildman–Crippen LogP) is 4.03. The number of nitrogens with zero attached hydrogens (tertiary/aromatic N) is 1. The molecular weight excluding hydrogens is 348 g/mol. The van der Waals surface area contributed by atoms with Crippen molar-refractivity contribution in [2.75, 3.05) is 19.6 Å². The van der Waals surface area contributed by atoms with Crippen molar-refractivity contribution in [1.82, 2.24) is 10.2 Å². The average molecular weight is 369 g/mol. The average Bonchev–Trinajstić information content (AvgIpc) is 3.18. The fourth-order valence-electron chi connectivity index (χ4n) is 3.01. The molecule has 2 aromatic rings. The Morgan fingerprint density at radius 1 is 1.35 bits per heavy atom. The number of likely N-dealkylation sites (tertiary alicyclic amines) is 1. The zero-order chi connectivity index (χ0) is 16.1. The van der Waals surface area contributed by atoms with E-state index in [1.54, 1.807) is 22.7 Å². The number of hydrogen-bond donors (Lipinski definition) is 1. The maximum absolute atomic E-state index is 12.0. The van der Waals surface area contributed by atoms with Crippen molar-refractivity contribution in [2.45, 2.75) is 25.8 Å². The van der Waals surface area contributed by atoms with E-state index in [0.29, 0.717) is 12.3 Å². The van der Waals surface area contributed by atoms with Gasteiger partial charge in [0.05, 0.1) is 10.8 Å². The van der Waals surface area contributed by atoms with Gasteiger partial charge in [-0.3, -0.25) is 9.69 Å². The van der Waals surface area contributed by atoms with Gasteiger partial charge >= 0.3 is 0 Å². The van der Waals surface area contributed by atoms with E-state index in [2.05, 4.69) is 16.3 Å². The first kappa shape index (κ1) is 17.0. The summed E-state index contributed by atoms with van der Waals surface area (Å²) in [6.07, 6.45) is 2.90. The van der Waals surface area contributed by atoms with Crippen LogP contribution in [0.25, 0.3) is 0 Å². The van der Waals surface area contributed by atoms with E-state index in [1.807, 2.05) is 23.6 Å². The van der Waals surface area contributed by atoms with Gasteiger partial charge in [0.25, 0.3) is 0 Å². The highest BCUT2D eigenvalue weighted by Crippen LogP contribution is 2.25. The minimum Gasteiger partial charge on any atom is -0.355 e. The van der Waals surface area contributed by atoms with Gasteiger partial charge in [-0.15, -0.1) is 22.7 Å². The molecule has 1 unspecified atom stereocenters. The number of hydrogen-bond acceptors (Lipinski definition) is 4. The molecule has 1 aliphatic rings. The monoisotopic (exact) mass is 368 g/mol. The standard InChI is InChI=1S/C17H21ClN2OS2/c18-16-6-5-15(23-16)12-20-7-1-3-13(11-20)10-19-17(21)9-14-4-2-8-22-14/h2,4-6,8,13H,1,3,7,9-12H2,(H,19,21). The van der Waals surface area contributed by atoms with Crippen LogP contribution in [0.4, 0.5) is 0 Å². The molecule has 0 aromatic carbocycles. The van der Waals surface area contributed by atoms with E-state index >= 15 is 0 Å². The Labute approximate surface area is 150 Å². The Morgan fingerprint density at radius 3 is 3.00 bits per heavy atom. The second-order valence-electron chi connectivity index (χ2n) is 6.01. The molecule has 3 nitrogen and oxygen atoms in total. The zero-order valence-electron chi connectivity index (χ0n) is 13.0. The Kier molecular flexibility index (Phi) is 6.11. The summed E-state index contributed by atoms with van der Waals surface area (Å²) in [4.78, 5) is 16.9. The summed E-state index contributed by atoms with van der Waals surface area (Å²) in [5.74, 6) is 0.682. The van der Waals surface area contributed by atoms with Crippen LogP contribution in [0.2, 0.25) is 4.34 Å². The van der Waals surface area contributed by atoms with Gasteiger partial charge in [0, 0.05) is 29.4 Å². The van der Waals surface area contributed by atoms with E-state index in [9.17, 15) is 4.79 Å². The number of carbonyl (C=O) groups is 1. The van der Waals surface area contributed by atoms with E-state index < -0.39 is 0 Å². The van der Waals surface area contributed by atoms with Crippen molar-refractivity contribution in [3.8, 4) is 0 Å². The molecule has 1 amide bonds. The fraction of sp³-hybridized carbons (Fsp3) is 0.471. The topological polar surface area (TPSA) is 32.3 Å². The first-order valence-corrected chi connectivity index (χ1v) is 10.0. The van der Waals surface area contributed by atoms with Crippen LogP contribution < -0.4 is 5.32 Å². The van der Waals surface area contributed by atoms with Crippen LogP contribution in [0.5, 0.6) is 0 Å². The lowest BCUT2D eigenvalue weighted by Crippen LogP contribution is -2.40. The van der Waals surface area contributed by atoms with Gasteiger partial charge in [0.15, 0.2) is 0 Å². The van der Waals surface area contributed by atoms with Gasteiger partial charge in [-0.25, -0.2) is 0 Å². The third kappa shape index (κ3) is 5.31. The van der Waals surface area contributed by atoms with E-state index in [4.69, 9.17) is 11.6 Å². The summed E-state index contributed by atoms with van der Waals surface area (Å²) in [7, 11) is 0. The molecule has 3 rings (SSSR count). The van der Waals surface area contributed by atoms with Crippen LogP contribution in [0.15, 0.2) is 29.6 Å². The summed E-state index contributed by atoms with van der Waals surface area (Å²) in [6, 6.07) is 8.08. The molecule has 3 heterocycles. The minimum absolute atomic E-state index is 0.134. The van der Waals surface area contributed by atoms with Gasteiger partial charge in [0.1, 0.15) is 0 Å². The second-order valence-corrected chi connectivity index (χ2v) is 8.84. The summed E-state index contributed by atoms with van der Waals surface area (Å²) in [5, 5.41) is 5.11. The maximum atomic E-state index is 12.0. The third-order valence-corrected chi connectivity index (χ3v) is 6.21. The van der Waals surface area contributed by atoms with Gasteiger partial charge in [-0.1, -0.05) is 17.7 Å². The molecule has 0 saturated carbocycles. The molecule has 0 spiro atoms. The Balaban J connectivity index is 1.42. The summed E-state index contributed by atoms with van der Waals surface area (Å²) in [6.45, 7) is 3.94. The molecule has 0 aliphatic carbocycles. The first-order chi connectivity index (χ1) is 11.2. The number of piperidine rings is 1. The molecule has 1 saturated heterocycles. The van der Waals surface area contributed by atoms with Gasteiger partial charge in [-0.2, -0.15) is 0 Å². The van der Waals surface area contributed by atoms with Crippen molar-refractivity contribution >= 4 is 40.2 Å². The summed E-state index contributed by atoms with van der Waals surface area (Å²) in [5.41, 5.74) is 0. The first-order valence-electron chi connectivity index (χ1n) is 7.94. The lowest BCUT2D eigenvalue weighted by atomic mass is 9.98. The van der Waals surface area contributed by atoms with Crippen molar-refractivity contribution in [2.24, 2.45) is 5.92 Å². The number of amides is 1. The number of carbonyl (C=O) groups excluding carboxylic acids is 1. The lowest BCUT2D eigenvalue weighted by Gasteiger charge is -2.32. The van der Waals surface area contributed by atoms with E-state index in [-0.39, 0.29) is 5.91 Å². The summed E-state index contributed by atoms with van der Waals surface area (Å²) < 4.78 is 0.856. The molecule has 6 heteroatoms. The minimum atomic E-state index is 0.134. The second kappa shape index (κ2) is 8.29. The van der Waals surface area contributed by atoms with Crippen LogP contribution in [-0.2, 0) is 17.8 Å². The molecule has 1 N–H and O–H groups in total. The molecular formula is C17H21ClN2OS2. The number of thiophene rings is 2. The van der Waals surface area contributed by atoms with Crippen LogP contribution in [0.1, 0.15) is 22.6 Å². The van der Waals surface area contributed by atoms with Crippen LogP contribution in [0.3, 0.4) is 0 Å². The normalized spacial score (nSPS) is 18.9. The zero-order valence-corrected chi connectivity index (χ0v) is 15.4. The largest absolute Gasteiger partial charge is 0.355 e. The highest BCUT2D eigenvalue weighted by Gasteiger charge is 2.21. The number of nitrogens with one attached hydrogen (secondary N) is 1. The number of halogens is 1. The smallest absolute Gasteiger partial charge is 0.225 e. The molecule has 1 fully saturated rings. The Bertz CT molecular complexity index is 626. The molecule has 0 radical (unpaired) electrons. The molecule has 2 aromatic heterocycles. The van der Waals surface area contributed by atoms with Crippen LogP contribution in [-0.4, -0.2) is 30.4 Å². The van der Waals surface area contributed by atoms with Gasteiger partial charge < -0.3 is 5.32 Å². The van der Waals surface area contributed by atoms with Crippen molar-refractivity contribution in [3.63, 3.8) is 0 Å². The van der Waals surface area contributed by atoms with Crippen molar-refractivity contribution < 1.29 is 4.79 Å². The van der Waals surface area contributed by atoms with Gasteiger partial charge in [-0.05, 0) is 48.9 Å². The third-order valence-electron chi connectivity index (χ3n) is 4.11. The highest BCUT2D eigenvalue weighted by molar-refractivity contribution is 7.16. The summed E-state index contributed by atoms with van der Waals surface area (Å²) >= 11 is 9.30. The predicted molar refractivity (Wildman–Crippen MR) is 98.4 cm³/mol. The highest BCUT2D eigenvalue weighted by atomic mass is 35.5. The molecule has 0 bridgehead atoms. The quantitative estimate of drug-likeness (QED) is 0.834. The molecule has 1 aliphatic heterocycles. The molecule has 124 valence electrons. The van der Waals surface area contributed by atoms with Crippen LogP contribution >= 0.6 is 34.3 Å². The molecule has 1 atom stereocenters. The van der Waals surface area contributed by atoms with Crippen LogP contribution in [0, 0.1) is 5.92 Å². The number of rotatable bonds is 6. The Morgan fingerprint density at radius 2 is 2.26 bits per heavy atom. The lowest BCUT2D eigenvalue weighted by molar-refractivity contribution is -0.120. The molecule has 23 heavy (non-hydrogen) atoms. The van der Waals surface area contributed by atoms with E-state index in [0.717, 1.165) is 35.4 Å². The Hall–Kier alpha value is -0.880. The van der Waals surface area contributed by atoms with Gasteiger partial charge in [0.2, 0.25) is 5.91 Å². The van der Waals surface area contributed by atoms with Crippen molar-refractivity contribution in [3.05, 3.63) is 43.7 Å².